The van der Waals surface area contributed by atoms with Gasteiger partial charge in [-0.3, -0.25) is 4.79 Å². The first-order chi connectivity index (χ1) is 11.9. The molecule has 2 aromatic carbocycles. The van der Waals surface area contributed by atoms with E-state index in [9.17, 15) is 14.7 Å². The molecule has 0 fully saturated rings. The van der Waals surface area contributed by atoms with Crippen molar-refractivity contribution in [2.45, 2.75) is 18.6 Å². The van der Waals surface area contributed by atoms with Gasteiger partial charge >= 0.3 is 5.97 Å². The Kier molecular flexibility index (Phi) is 6.99. The minimum Gasteiger partial charge on any atom is -0.480 e. The van der Waals surface area contributed by atoms with Gasteiger partial charge in [0.2, 0.25) is 0 Å². The zero-order valence-electron chi connectivity index (χ0n) is 13.4. The Hall–Kier alpha value is -1.89. The van der Waals surface area contributed by atoms with Crippen molar-refractivity contribution in [2.24, 2.45) is 0 Å². The van der Waals surface area contributed by atoms with Crippen LogP contribution in [0.3, 0.4) is 0 Å². The van der Waals surface area contributed by atoms with Crippen LogP contribution in [0, 0.1) is 0 Å². The first kappa shape index (κ1) is 19.4. The van der Waals surface area contributed by atoms with Crippen LogP contribution in [-0.2, 0) is 20.7 Å². The van der Waals surface area contributed by atoms with Gasteiger partial charge in [-0.05, 0) is 29.3 Å². The van der Waals surface area contributed by atoms with Gasteiger partial charge in [-0.2, -0.15) is 0 Å². The summed E-state index contributed by atoms with van der Waals surface area (Å²) >= 11 is 9.33. The summed E-state index contributed by atoms with van der Waals surface area (Å²) in [7, 11) is 1.40. The number of hydrogen-bond donors (Lipinski definition) is 2. The van der Waals surface area contributed by atoms with E-state index in [1.165, 1.54) is 7.11 Å². The summed E-state index contributed by atoms with van der Waals surface area (Å²) in [6.07, 6.45) is -0.793. The van der Waals surface area contributed by atoms with Crippen molar-refractivity contribution in [3.63, 3.8) is 0 Å². The first-order valence-electron chi connectivity index (χ1n) is 7.47. The number of halogens is 2. The molecule has 2 N–H and O–H groups in total. The van der Waals surface area contributed by atoms with Crippen LogP contribution < -0.4 is 5.32 Å². The van der Waals surface area contributed by atoms with Crippen LogP contribution in [0.15, 0.2) is 53.0 Å². The molecule has 7 heteroatoms. The Morgan fingerprint density at radius 1 is 1.24 bits per heavy atom. The van der Waals surface area contributed by atoms with E-state index in [2.05, 4.69) is 21.2 Å². The van der Waals surface area contributed by atoms with Crippen molar-refractivity contribution in [3.8, 4) is 0 Å². The number of nitrogens with one attached hydrogen (secondary N) is 1. The molecule has 2 atom stereocenters. The van der Waals surface area contributed by atoms with Crippen molar-refractivity contribution in [1.29, 1.82) is 0 Å². The third-order valence-corrected chi connectivity index (χ3v) is 4.63. The number of hydrogen-bond acceptors (Lipinski definition) is 3. The van der Waals surface area contributed by atoms with Crippen molar-refractivity contribution >= 4 is 39.4 Å². The molecule has 0 heterocycles. The lowest BCUT2D eigenvalue weighted by molar-refractivity contribution is -0.144. The van der Waals surface area contributed by atoms with Gasteiger partial charge in [-0.25, -0.2) is 4.79 Å². The Bertz CT molecular complexity index is 754. The molecule has 0 bridgehead atoms. The second-order valence-corrected chi connectivity index (χ2v) is 6.66. The van der Waals surface area contributed by atoms with Gasteiger partial charge in [-0.1, -0.05) is 57.9 Å². The Labute approximate surface area is 159 Å². The van der Waals surface area contributed by atoms with Crippen LogP contribution >= 0.6 is 27.5 Å². The van der Waals surface area contributed by atoms with Crippen LogP contribution in [0.25, 0.3) is 0 Å². The number of benzene rings is 2. The molecule has 1 amide bonds. The van der Waals surface area contributed by atoms with Crippen LogP contribution in [0.2, 0.25) is 5.02 Å². The molecule has 0 aliphatic rings. The number of methoxy groups -OCH3 is 1. The van der Waals surface area contributed by atoms with Crippen molar-refractivity contribution in [1.82, 2.24) is 5.32 Å². The number of carboxylic acids is 1. The summed E-state index contributed by atoms with van der Waals surface area (Å²) in [6.45, 7) is 0. The van der Waals surface area contributed by atoms with E-state index in [0.29, 0.717) is 16.1 Å². The molecule has 0 unspecified atom stereocenters. The Morgan fingerprint density at radius 2 is 1.92 bits per heavy atom. The van der Waals surface area contributed by atoms with Crippen LogP contribution in [0.5, 0.6) is 0 Å². The number of carbonyl (C=O) groups excluding carboxylic acids is 1. The molecule has 2 rings (SSSR count). The first-order valence-corrected chi connectivity index (χ1v) is 8.64. The van der Waals surface area contributed by atoms with Gasteiger partial charge in [0.1, 0.15) is 6.04 Å². The van der Waals surface area contributed by atoms with Crippen LogP contribution in [-0.4, -0.2) is 30.1 Å². The maximum Gasteiger partial charge on any atom is 0.326 e. The minimum absolute atomic E-state index is 0.0907. The maximum atomic E-state index is 12.5. The smallest absolute Gasteiger partial charge is 0.326 e. The third-order valence-electron chi connectivity index (χ3n) is 3.62. The monoisotopic (exact) mass is 425 g/mol. The summed E-state index contributed by atoms with van der Waals surface area (Å²) in [4.78, 5) is 24.1. The molecule has 0 aliphatic heterocycles. The molecular formula is C18H17BrClNO4. The molecule has 5 nitrogen and oxygen atoms in total. The Morgan fingerprint density at radius 3 is 2.52 bits per heavy atom. The Balaban J connectivity index is 2.16. The van der Waals surface area contributed by atoms with E-state index in [1.807, 2.05) is 6.07 Å². The predicted octanol–water partition coefficient (Wildman–Crippen LogP) is 3.60. The van der Waals surface area contributed by atoms with E-state index < -0.39 is 24.0 Å². The second kappa shape index (κ2) is 8.99. The summed E-state index contributed by atoms with van der Waals surface area (Å²) in [5.41, 5.74) is 1.34. The zero-order chi connectivity index (χ0) is 18.4. The SMILES string of the molecule is CO[C@H](C(=O)N[C@@H](Cc1cc(Cl)ccc1Br)C(=O)O)c1ccccc1. The van der Waals surface area contributed by atoms with Gasteiger partial charge in [-0.15, -0.1) is 0 Å². The van der Waals surface area contributed by atoms with E-state index in [1.54, 1.807) is 42.5 Å². The average Bonchev–Trinajstić information content (AvgIpc) is 2.59. The summed E-state index contributed by atoms with van der Waals surface area (Å²) < 4.78 is 5.96. The fourth-order valence-corrected chi connectivity index (χ4v) is 2.99. The largest absolute Gasteiger partial charge is 0.480 e. The summed E-state index contributed by atoms with van der Waals surface area (Å²) in [5.74, 6) is -1.65. The van der Waals surface area contributed by atoms with Crippen LogP contribution in [0.4, 0.5) is 0 Å². The predicted molar refractivity (Wildman–Crippen MR) is 98.6 cm³/mol. The average molecular weight is 427 g/mol. The number of carboxylic acid groups (broad SMARTS) is 1. The van der Waals surface area contributed by atoms with Gasteiger partial charge in [0.05, 0.1) is 0 Å². The van der Waals surface area contributed by atoms with E-state index >= 15 is 0 Å². The number of rotatable bonds is 7. The molecule has 0 radical (unpaired) electrons. The third kappa shape index (κ3) is 5.29. The second-order valence-electron chi connectivity index (χ2n) is 5.37. The fourth-order valence-electron chi connectivity index (χ4n) is 2.39. The van der Waals surface area contributed by atoms with Gasteiger partial charge in [0.15, 0.2) is 6.10 Å². The molecule has 25 heavy (non-hydrogen) atoms. The van der Waals surface area contributed by atoms with E-state index in [-0.39, 0.29) is 6.42 Å². The van der Waals surface area contributed by atoms with Gasteiger partial charge in [0.25, 0.3) is 5.91 Å². The van der Waals surface area contributed by atoms with E-state index in [0.717, 1.165) is 4.47 Å². The number of carbonyl (C=O) groups is 2. The van der Waals surface area contributed by atoms with Crippen molar-refractivity contribution < 1.29 is 19.4 Å². The summed E-state index contributed by atoms with van der Waals surface area (Å²) in [5, 5.41) is 12.5. The lowest BCUT2D eigenvalue weighted by Gasteiger charge is -2.20. The molecule has 0 spiro atoms. The van der Waals surface area contributed by atoms with Gasteiger partial charge < -0.3 is 15.2 Å². The highest BCUT2D eigenvalue weighted by Crippen LogP contribution is 2.23. The number of ether oxygens (including phenoxy) is 1. The molecule has 132 valence electrons. The molecule has 0 aromatic heterocycles. The minimum atomic E-state index is -1.14. The molecule has 0 aliphatic carbocycles. The normalized spacial score (nSPS) is 13.1. The van der Waals surface area contributed by atoms with Crippen molar-refractivity contribution in [2.75, 3.05) is 7.11 Å². The molecule has 0 saturated heterocycles. The number of aliphatic carboxylic acids is 1. The highest BCUT2D eigenvalue weighted by Gasteiger charge is 2.27. The highest BCUT2D eigenvalue weighted by molar-refractivity contribution is 9.10. The van der Waals surface area contributed by atoms with E-state index in [4.69, 9.17) is 16.3 Å². The lowest BCUT2D eigenvalue weighted by atomic mass is 10.0. The molecule has 0 saturated carbocycles. The zero-order valence-corrected chi connectivity index (χ0v) is 15.8. The number of amides is 1. The molecule has 2 aromatic rings. The van der Waals surface area contributed by atoms with Crippen molar-refractivity contribution in [3.05, 3.63) is 69.2 Å². The summed E-state index contributed by atoms with van der Waals surface area (Å²) in [6, 6.07) is 12.9. The van der Waals surface area contributed by atoms with Gasteiger partial charge in [0, 0.05) is 23.0 Å². The maximum absolute atomic E-state index is 12.5. The highest BCUT2D eigenvalue weighted by atomic mass is 79.9. The van der Waals surface area contributed by atoms with Crippen LogP contribution in [0.1, 0.15) is 17.2 Å². The lowest BCUT2D eigenvalue weighted by Crippen LogP contribution is -2.44. The fraction of sp³-hybridized carbons (Fsp3) is 0.222. The topological polar surface area (TPSA) is 75.6 Å². The standard InChI is InChI=1S/C18H17BrClNO4/c1-25-16(11-5-3-2-4-6-11)17(22)21-15(18(23)24)10-12-9-13(20)7-8-14(12)19/h2-9,15-16H,10H2,1H3,(H,21,22)(H,23,24)/t15-,16-/m0/s1. The molecular weight excluding hydrogens is 410 g/mol. The quantitative estimate of drug-likeness (QED) is 0.709.